The Kier molecular flexibility index (Phi) is 4.92. The van der Waals surface area contributed by atoms with Gasteiger partial charge in [-0.25, -0.2) is 0 Å². The molecule has 1 spiro atoms. The molecule has 7 heteroatoms. The molecule has 3 aliphatic heterocycles. The third kappa shape index (κ3) is 2.92. The quantitative estimate of drug-likeness (QED) is 0.476. The molecule has 3 aliphatic rings. The first-order valence-corrected chi connectivity index (χ1v) is 12.1. The normalized spacial score (nSPS) is 25.7. The lowest BCUT2D eigenvalue weighted by atomic mass is 9.64. The maximum absolute atomic E-state index is 14.3. The van der Waals surface area contributed by atoms with Gasteiger partial charge in [0.1, 0.15) is 5.41 Å². The van der Waals surface area contributed by atoms with Crippen molar-refractivity contribution in [2.24, 2.45) is 5.92 Å². The summed E-state index contributed by atoms with van der Waals surface area (Å²) in [6, 6.07) is 18.1. The number of carbonyl (C=O) groups excluding carboxylic acids is 3. The molecular weight excluding hydrogens is 483 g/mol. The number of anilines is 2. The fourth-order valence-electron chi connectivity index (χ4n) is 6.13. The van der Waals surface area contributed by atoms with Gasteiger partial charge in [-0.2, -0.15) is 0 Å². The summed E-state index contributed by atoms with van der Waals surface area (Å²) >= 11 is 12.7. The minimum absolute atomic E-state index is 0.203. The van der Waals surface area contributed by atoms with E-state index in [2.05, 4.69) is 5.32 Å². The van der Waals surface area contributed by atoms with Gasteiger partial charge < -0.3 is 10.2 Å². The van der Waals surface area contributed by atoms with Crippen LogP contribution in [0.3, 0.4) is 0 Å². The first kappa shape index (κ1) is 22.1. The molecule has 6 rings (SSSR count). The van der Waals surface area contributed by atoms with Gasteiger partial charge in [0.15, 0.2) is 11.6 Å². The van der Waals surface area contributed by atoms with Crippen LogP contribution in [0, 0.1) is 5.92 Å². The molecule has 1 N–H and O–H groups in total. The number of hydrogen-bond acceptors (Lipinski definition) is 4. The Labute approximate surface area is 212 Å². The molecule has 3 aromatic carbocycles. The molecule has 3 heterocycles. The maximum atomic E-state index is 14.3. The van der Waals surface area contributed by atoms with Crippen LogP contribution in [-0.2, 0) is 15.0 Å². The summed E-state index contributed by atoms with van der Waals surface area (Å²) in [7, 11) is 0. The second-order valence-corrected chi connectivity index (χ2v) is 10.0. The first-order chi connectivity index (χ1) is 16.9. The number of ketones is 2. The largest absolute Gasteiger partial charge is 0.352 e. The van der Waals surface area contributed by atoms with Crippen LogP contribution in [0.4, 0.5) is 11.4 Å². The number of nitrogens with one attached hydrogen (secondary N) is 1. The van der Waals surface area contributed by atoms with Crippen LogP contribution in [0.25, 0.3) is 6.08 Å². The summed E-state index contributed by atoms with van der Waals surface area (Å²) < 4.78 is 0. The lowest BCUT2D eigenvalue weighted by Crippen LogP contribution is -2.51. The van der Waals surface area contributed by atoms with Crippen molar-refractivity contribution in [2.45, 2.75) is 24.4 Å². The number of rotatable bonds is 3. The van der Waals surface area contributed by atoms with E-state index in [0.717, 1.165) is 11.3 Å². The van der Waals surface area contributed by atoms with E-state index in [1.165, 1.54) is 6.92 Å². The molecule has 1 amide bonds. The van der Waals surface area contributed by atoms with E-state index in [1.807, 2.05) is 53.5 Å². The van der Waals surface area contributed by atoms with E-state index in [1.54, 1.807) is 30.3 Å². The van der Waals surface area contributed by atoms with E-state index in [9.17, 15) is 14.4 Å². The highest BCUT2D eigenvalue weighted by atomic mass is 35.5. The van der Waals surface area contributed by atoms with E-state index < -0.39 is 23.4 Å². The Balaban J connectivity index is 1.67. The van der Waals surface area contributed by atoms with Crippen molar-refractivity contribution in [1.82, 2.24) is 0 Å². The van der Waals surface area contributed by atoms with Gasteiger partial charge in [0.25, 0.3) is 0 Å². The Morgan fingerprint density at radius 3 is 2.51 bits per heavy atom. The average Bonchev–Trinajstić information content (AvgIpc) is 3.32. The summed E-state index contributed by atoms with van der Waals surface area (Å²) in [5.74, 6) is -1.84. The van der Waals surface area contributed by atoms with E-state index in [4.69, 9.17) is 23.2 Å². The van der Waals surface area contributed by atoms with Gasteiger partial charge in [-0.15, -0.1) is 0 Å². The van der Waals surface area contributed by atoms with Crippen molar-refractivity contribution in [3.8, 4) is 0 Å². The van der Waals surface area contributed by atoms with Gasteiger partial charge in [0.2, 0.25) is 5.91 Å². The zero-order valence-corrected chi connectivity index (χ0v) is 20.2. The Morgan fingerprint density at radius 2 is 1.74 bits per heavy atom. The van der Waals surface area contributed by atoms with Crippen molar-refractivity contribution in [3.05, 3.63) is 99.5 Å². The minimum Gasteiger partial charge on any atom is -0.352 e. The topological polar surface area (TPSA) is 66.5 Å². The van der Waals surface area contributed by atoms with Crippen LogP contribution in [0.5, 0.6) is 0 Å². The van der Waals surface area contributed by atoms with Crippen LogP contribution in [-0.4, -0.2) is 29.6 Å². The number of amides is 1. The van der Waals surface area contributed by atoms with Crippen LogP contribution < -0.4 is 10.2 Å². The molecular formula is C28H20Cl2N2O3. The summed E-state index contributed by atoms with van der Waals surface area (Å²) in [6.07, 6.45) is 3.83. The highest BCUT2D eigenvalue weighted by Crippen LogP contribution is 2.58. The molecule has 4 atom stereocenters. The minimum atomic E-state index is -1.32. The number of fused-ring (bicyclic) bond motifs is 6. The van der Waals surface area contributed by atoms with Gasteiger partial charge in [-0.1, -0.05) is 65.7 Å². The first-order valence-electron chi connectivity index (χ1n) is 11.3. The second kappa shape index (κ2) is 7.80. The van der Waals surface area contributed by atoms with Gasteiger partial charge in [-0.05, 0) is 54.4 Å². The third-order valence-corrected chi connectivity index (χ3v) is 8.00. The molecule has 3 aromatic rings. The number of hydrogen-bond donors (Lipinski definition) is 1. The predicted molar refractivity (Wildman–Crippen MR) is 137 cm³/mol. The van der Waals surface area contributed by atoms with E-state index >= 15 is 0 Å². The van der Waals surface area contributed by atoms with Crippen LogP contribution >= 0.6 is 23.2 Å². The molecule has 0 saturated carbocycles. The Bertz CT molecular complexity index is 1470. The molecule has 174 valence electrons. The van der Waals surface area contributed by atoms with Crippen molar-refractivity contribution in [2.75, 3.05) is 10.2 Å². The molecule has 0 unspecified atom stereocenters. The van der Waals surface area contributed by atoms with Gasteiger partial charge in [-0.3, -0.25) is 14.4 Å². The maximum Gasteiger partial charge on any atom is 0.238 e. The number of halogens is 2. The summed E-state index contributed by atoms with van der Waals surface area (Å²) in [5, 5.41) is 3.84. The van der Waals surface area contributed by atoms with Crippen LogP contribution in [0.15, 0.2) is 72.8 Å². The van der Waals surface area contributed by atoms with Crippen molar-refractivity contribution >= 4 is 58.1 Å². The lowest BCUT2D eigenvalue weighted by molar-refractivity contribution is -0.122. The Morgan fingerprint density at radius 1 is 1.00 bits per heavy atom. The summed E-state index contributed by atoms with van der Waals surface area (Å²) in [4.78, 5) is 43.6. The molecule has 1 fully saturated rings. The molecule has 35 heavy (non-hydrogen) atoms. The molecule has 0 radical (unpaired) electrons. The number of benzene rings is 3. The predicted octanol–water partition coefficient (Wildman–Crippen LogP) is 5.56. The number of nitrogens with zero attached hydrogens (tertiary/aromatic N) is 1. The monoisotopic (exact) mass is 502 g/mol. The third-order valence-electron chi connectivity index (χ3n) is 7.43. The van der Waals surface area contributed by atoms with Crippen molar-refractivity contribution in [3.63, 3.8) is 0 Å². The van der Waals surface area contributed by atoms with Gasteiger partial charge >= 0.3 is 0 Å². The second-order valence-electron chi connectivity index (χ2n) is 9.16. The highest BCUT2D eigenvalue weighted by Gasteiger charge is 2.69. The van der Waals surface area contributed by atoms with Crippen molar-refractivity contribution in [1.29, 1.82) is 0 Å². The lowest BCUT2D eigenvalue weighted by Gasteiger charge is -2.37. The van der Waals surface area contributed by atoms with Gasteiger partial charge in [0.05, 0.1) is 23.0 Å². The highest BCUT2D eigenvalue weighted by molar-refractivity contribution is 6.34. The molecule has 0 bridgehead atoms. The summed E-state index contributed by atoms with van der Waals surface area (Å²) in [6.45, 7) is 1.47. The molecule has 0 aromatic heterocycles. The zero-order valence-electron chi connectivity index (χ0n) is 18.7. The van der Waals surface area contributed by atoms with E-state index in [0.29, 0.717) is 21.8 Å². The molecule has 0 aliphatic carbocycles. The number of Topliss-reactive ketones (excluding diaryl/α,β-unsaturated/α-hetero) is 2. The average molecular weight is 503 g/mol. The SMILES string of the molecule is CC(=O)[C@H]1[C@H](C(=O)c2ccccc2Cl)[C@]2(C(=O)Nc3ccccc32)[C@H]2C=Cc3cc(Cl)ccc3N12. The van der Waals surface area contributed by atoms with Crippen molar-refractivity contribution < 1.29 is 14.4 Å². The van der Waals surface area contributed by atoms with Gasteiger partial charge in [0, 0.05) is 22.0 Å². The zero-order chi connectivity index (χ0) is 24.5. The molecule has 5 nitrogen and oxygen atoms in total. The smallest absolute Gasteiger partial charge is 0.238 e. The fraction of sp³-hybridized carbons (Fsp3) is 0.179. The summed E-state index contributed by atoms with van der Waals surface area (Å²) in [5.41, 5.74) is 1.91. The van der Waals surface area contributed by atoms with Crippen LogP contribution in [0.1, 0.15) is 28.4 Å². The Hall–Kier alpha value is -3.41. The number of carbonyl (C=O) groups is 3. The fourth-order valence-corrected chi connectivity index (χ4v) is 6.54. The standard InChI is InChI=1S/C28H20Cl2N2O3/c1-15(33)25-24(26(34)18-6-2-4-8-20(18)30)28(19-7-3-5-9-21(19)31-27(28)35)23-13-10-16-14-17(29)11-12-22(16)32(23)25/h2-14,23-25H,1H3,(H,31,35)/t23-,24-,25+,28-/m1/s1. The number of para-hydroxylation sites is 1. The van der Waals surface area contributed by atoms with E-state index in [-0.39, 0.29) is 22.5 Å². The molecule has 1 saturated heterocycles. The van der Waals surface area contributed by atoms with Crippen LogP contribution in [0.2, 0.25) is 10.0 Å².